The third-order valence-corrected chi connectivity index (χ3v) is 7.17. The summed E-state index contributed by atoms with van der Waals surface area (Å²) in [5.74, 6) is 0. The first kappa shape index (κ1) is 22.9. The molecule has 35 heavy (non-hydrogen) atoms. The lowest BCUT2D eigenvalue weighted by molar-refractivity contribution is 0.616. The average Bonchev–Trinajstić information content (AvgIpc) is 2.89. The van der Waals surface area contributed by atoms with Gasteiger partial charge in [0.2, 0.25) is 0 Å². The maximum Gasteiger partial charge on any atom is 0.0734 e. The fourth-order valence-corrected chi connectivity index (χ4v) is 5.27. The van der Waals surface area contributed by atoms with Crippen molar-refractivity contribution in [2.45, 2.75) is 39.2 Å². The molecule has 2 nitrogen and oxygen atoms in total. The lowest BCUT2D eigenvalue weighted by Crippen LogP contribution is -2.26. The van der Waals surface area contributed by atoms with E-state index in [9.17, 15) is 0 Å². The van der Waals surface area contributed by atoms with Gasteiger partial charge in [-0.25, -0.2) is 0 Å². The van der Waals surface area contributed by atoms with E-state index >= 15 is 0 Å². The minimum atomic E-state index is -0.218. The van der Waals surface area contributed by atoms with Gasteiger partial charge in [0.25, 0.3) is 0 Å². The van der Waals surface area contributed by atoms with E-state index in [1.807, 2.05) is 12.3 Å². The Morgan fingerprint density at radius 3 is 2.17 bits per heavy atom. The zero-order valence-electron chi connectivity index (χ0n) is 20.9. The van der Waals surface area contributed by atoms with Crippen LogP contribution in [0, 0.1) is 6.92 Å². The monoisotopic (exact) mass is 456 g/mol. The molecule has 0 radical (unpaired) electrons. The van der Waals surface area contributed by atoms with Crippen LogP contribution in [-0.4, -0.2) is 4.98 Å². The van der Waals surface area contributed by atoms with Gasteiger partial charge in [-0.05, 0) is 53.3 Å². The van der Waals surface area contributed by atoms with Crippen LogP contribution in [0.5, 0.6) is 0 Å². The van der Waals surface area contributed by atoms with Crippen molar-refractivity contribution < 1.29 is 0 Å². The summed E-state index contributed by atoms with van der Waals surface area (Å²) in [6.45, 7) is 9.00. The number of aryl methyl sites for hydroxylation is 1. The third kappa shape index (κ3) is 4.33. The van der Waals surface area contributed by atoms with Crippen molar-refractivity contribution in [1.82, 2.24) is 10.3 Å². The van der Waals surface area contributed by atoms with Crippen LogP contribution in [0.1, 0.15) is 54.6 Å². The molecule has 2 heterocycles. The molecule has 1 aliphatic heterocycles. The Hall–Kier alpha value is -3.91. The van der Waals surface area contributed by atoms with Gasteiger partial charge < -0.3 is 5.32 Å². The SMILES string of the molecule is CC1=CC(c2ccccc2C(C)(C)c2ccccc2-c2ncccc2C)NC=C1c1ccccc1. The fraction of sp³-hybridized carbons (Fsp3) is 0.182. The average molecular weight is 457 g/mol. The van der Waals surface area contributed by atoms with Gasteiger partial charge in [0, 0.05) is 28.9 Å². The van der Waals surface area contributed by atoms with Crippen LogP contribution >= 0.6 is 0 Å². The Bertz CT molecular complexity index is 1410. The molecule has 0 amide bonds. The number of hydrogen-bond donors (Lipinski definition) is 1. The van der Waals surface area contributed by atoms with Crippen molar-refractivity contribution in [1.29, 1.82) is 0 Å². The molecule has 3 aromatic carbocycles. The van der Waals surface area contributed by atoms with Crippen LogP contribution in [0.3, 0.4) is 0 Å². The van der Waals surface area contributed by atoms with Crippen LogP contribution in [0.2, 0.25) is 0 Å². The number of dihydropyridines is 1. The largest absolute Gasteiger partial charge is 0.380 e. The molecule has 0 aliphatic carbocycles. The van der Waals surface area contributed by atoms with Gasteiger partial charge in [-0.3, -0.25) is 4.98 Å². The van der Waals surface area contributed by atoms with Crippen molar-refractivity contribution in [2.75, 3.05) is 0 Å². The maximum atomic E-state index is 4.75. The molecular weight excluding hydrogens is 424 g/mol. The zero-order chi connectivity index (χ0) is 24.4. The second kappa shape index (κ2) is 9.38. The first-order chi connectivity index (χ1) is 17.0. The van der Waals surface area contributed by atoms with E-state index < -0.39 is 0 Å². The van der Waals surface area contributed by atoms with Crippen LogP contribution < -0.4 is 5.32 Å². The van der Waals surface area contributed by atoms with Gasteiger partial charge in [0.15, 0.2) is 0 Å². The van der Waals surface area contributed by atoms with E-state index in [1.54, 1.807) is 0 Å². The molecule has 1 atom stereocenters. The summed E-state index contributed by atoms with van der Waals surface area (Å²) in [5.41, 5.74) is 10.9. The molecule has 2 heteroatoms. The summed E-state index contributed by atoms with van der Waals surface area (Å²) >= 11 is 0. The molecule has 1 aromatic heterocycles. The summed E-state index contributed by atoms with van der Waals surface area (Å²) < 4.78 is 0. The lowest BCUT2D eigenvalue weighted by atomic mass is 9.72. The molecule has 1 aliphatic rings. The van der Waals surface area contributed by atoms with Gasteiger partial charge in [0.1, 0.15) is 0 Å². The highest BCUT2D eigenvalue weighted by Crippen LogP contribution is 2.42. The van der Waals surface area contributed by atoms with Crippen molar-refractivity contribution in [2.24, 2.45) is 0 Å². The van der Waals surface area contributed by atoms with Crippen molar-refractivity contribution >= 4 is 5.57 Å². The minimum Gasteiger partial charge on any atom is -0.380 e. The summed E-state index contributed by atoms with van der Waals surface area (Å²) in [6, 6.07) is 32.4. The highest BCUT2D eigenvalue weighted by Gasteiger charge is 2.31. The number of pyridine rings is 1. The Balaban J connectivity index is 1.56. The molecule has 1 unspecified atom stereocenters. The Morgan fingerprint density at radius 2 is 1.43 bits per heavy atom. The van der Waals surface area contributed by atoms with Crippen LogP contribution in [0.15, 0.2) is 115 Å². The van der Waals surface area contributed by atoms with Gasteiger partial charge in [-0.1, -0.05) is 105 Å². The second-order valence-corrected chi connectivity index (χ2v) is 9.84. The molecule has 0 bridgehead atoms. The second-order valence-electron chi connectivity index (χ2n) is 9.84. The summed E-state index contributed by atoms with van der Waals surface area (Å²) in [7, 11) is 0. The quantitative estimate of drug-likeness (QED) is 0.329. The molecule has 0 fully saturated rings. The fourth-order valence-electron chi connectivity index (χ4n) is 5.27. The first-order valence-corrected chi connectivity index (χ1v) is 12.3. The Kier molecular flexibility index (Phi) is 6.13. The Morgan fingerprint density at radius 1 is 0.743 bits per heavy atom. The third-order valence-electron chi connectivity index (χ3n) is 7.17. The molecule has 0 saturated heterocycles. The van der Waals surface area contributed by atoms with E-state index in [2.05, 4.69) is 130 Å². The van der Waals surface area contributed by atoms with Crippen LogP contribution in [0.25, 0.3) is 16.8 Å². The zero-order valence-corrected chi connectivity index (χ0v) is 20.9. The maximum absolute atomic E-state index is 4.75. The molecule has 0 spiro atoms. The molecule has 0 saturated carbocycles. The van der Waals surface area contributed by atoms with E-state index in [1.165, 1.54) is 44.5 Å². The topological polar surface area (TPSA) is 24.9 Å². The van der Waals surface area contributed by atoms with Crippen molar-refractivity contribution in [3.63, 3.8) is 0 Å². The summed E-state index contributed by atoms with van der Waals surface area (Å²) in [5, 5.41) is 3.68. The standard InChI is InChI=1S/C33H32N2/c1-23-13-12-20-34-32(23)27-17-9-11-19-30(27)33(3,4)29-18-10-8-16-26(29)31-21-24(2)28(22-35-31)25-14-6-5-7-15-25/h5-22,31,35H,1-4H3. The van der Waals surface area contributed by atoms with Gasteiger partial charge in [-0.15, -0.1) is 0 Å². The Labute approximate surface area is 209 Å². The van der Waals surface area contributed by atoms with E-state index in [0.717, 1.165) is 5.69 Å². The highest BCUT2D eigenvalue weighted by molar-refractivity contribution is 5.79. The molecule has 174 valence electrons. The van der Waals surface area contributed by atoms with Crippen LogP contribution in [0.4, 0.5) is 0 Å². The minimum absolute atomic E-state index is 0.113. The van der Waals surface area contributed by atoms with Gasteiger partial charge in [-0.2, -0.15) is 0 Å². The predicted octanol–water partition coefficient (Wildman–Crippen LogP) is 8.01. The number of hydrogen-bond acceptors (Lipinski definition) is 2. The first-order valence-electron chi connectivity index (χ1n) is 12.3. The summed E-state index contributed by atoms with van der Waals surface area (Å²) in [4.78, 5) is 4.75. The van der Waals surface area contributed by atoms with Crippen molar-refractivity contribution in [3.8, 4) is 11.3 Å². The summed E-state index contributed by atoms with van der Waals surface area (Å²) in [6.07, 6.45) is 6.41. The van der Waals surface area contributed by atoms with Crippen molar-refractivity contribution in [3.05, 3.63) is 143 Å². The number of nitrogens with one attached hydrogen (secondary N) is 1. The number of allylic oxidation sites excluding steroid dienone is 2. The van der Waals surface area contributed by atoms with E-state index in [0.29, 0.717) is 0 Å². The molecule has 5 rings (SSSR count). The van der Waals surface area contributed by atoms with E-state index in [4.69, 9.17) is 4.98 Å². The number of benzene rings is 3. The smallest absolute Gasteiger partial charge is 0.0734 e. The molecule has 4 aromatic rings. The molecular formula is C33H32N2. The number of aromatic nitrogens is 1. The lowest BCUT2D eigenvalue weighted by Gasteiger charge is -2.33. The predicted molar refractivity (Wildman–Crippen MR) is 147 cm³/mol. The number of nitrogens with zero attached hydrogens (tertiary/aromatic N) is 1. The van der Waals surface area contributed by atoms with Gasteiger partial charge >= 0.3 is 0 Å². The van der Waals surface area contributed by atoms with E-state index in [-0.39, 0.29) is 11.5 Å². The van der Waals surface area contributed by atoms with Gasteiger partial charge in [0.05, 0.1) is 11.7 Å². The van der Waals surface area contributed by atoms with Crippen LogP contribution in [-0.2, 0) is 5.41 Å². The molecule has 1 N–H and O–H groups in total. The normalized spacial score (nSPS) is 15.7. The number of rotatable bonds is 5. The highest BCUT2D eigenvalue weighted by atomic mass is 14.9.